The molecule has 0 amide bonds. The van der Waals surface area contributed by atoms with E-state index in [4.69, 9.17) is 18.9 Å². The third kappa shape index (κ3) is 33.1. The van der Waals surface area contributed by atoms with E-state index in [2.05, 4.69) is 30.7 Å². The van der Waals surface area contributed by atoms with E-state index in [0.717, 1.165) is 110 Å². The molecule has 2 atom stereocenters. The average molecular weight is 902 g/mol. The Morgan fingerprint density at radius 2 is 1.08 bits per heavy atom. The number of carbonyl (C=O) groups is 3. The minimum Gasteiger partial charge on any atom is -0.466 e. The Morgan fingerprint density at radius 3 is 1.67 bits per heavy atom. The minimum absolute atomic E-state index is 0.00743. The summed E-state index contributed by atoms with van der Waals surface area (Å²) in [6, 6.07) is 0.210. The molecule has 10 nitrogen and oxygen atoms in total. The second-order valence-electron chi connectivity index (χ2n) is 19.1. The molecule has 1 aromatic heterocycles. The van der Waals surface area contributed by atoms with Crippen LogP contribution in [-0.2, 0) is 39.9 Å². The predicted molar refractivity (Wildman–Crippen MR) is 262 cm³/mol. The fraction of sp³-hybridized carbons (Fsp3) is 0.889. The van der Waals surface area contributed by atoms with Crippen molar-refractivity contribution in [3.8, 4) is 0 Å². The number of ether oxygens (including phenoxy) is 4. The van der Waals surface area contributed by atoms with Crippen molar-refractivity contribution in [2.75, 3.05) is 32.9 Å². The maximum atomic E-state index is 12.8. The van der Waals surface area contributed by atoms with Crippen LogP contribution in [0.25, 0.3) is 0 Å². The van der Waals surface area contributed by atoms with Crippen molar-refractivity contribution < 1.29 is 33.3 Å². The van der Waals surface area contributed by atoms with Gasteiger partial charge in [0.15, 0.2) is 0 Å². The normalized spacial score (nSPS) is 15.3. The highest BCUT2D eigenvalue weighted by Crippen LogP contribution is 2.23. The number of imidazole rings is 1. The summed E-state index contributed by atoms with van der Waals surface area (Å²) >= 11 is 0. The lowest BCUT2D eigenvalue weighted by molar-refractivity contribution is -0.150. The van der Waals surface area contributed by atoms with E-state index in [0.29, 0.717) is 39.1 Å². The fourth-order valence-corrected chi connectivity index (χ4v) is 9.01. The highest BCUT2D eigenvalue weighted by molar-refractivity contribution is 5.70. The summed E-state index contributed by atoms with van der Waals surface area (Å²) in [5.74, 6) is -0.218. The molecule has 0 spiro atoms. The molecule has 0 N–H and O–H groups in total. The third-order valence-corrected chi connectivity index (χ3v) is 13.0. The Kier molecular flexibility index (Phi) is 37.8. The van der Waals surface area contributed by atoms with Gasteiger partial charge in [0.25, 0.3) is 0 Å². The van der Waals surface area contributed by atoms with Gasteiger partial charge in [0.2, 0.25) is 0 Å². The van der Waals surface area contributed by atoms with E-state index < -0.39 is 0 Å². The molecular weight excluding hydrogens is 803 g/mol. The van der Waals surface area contributed by atoms with Gasteiger partial charge in [-0.05, 0) is 70.8 Å². The smallest absolute Gasteiger partial charge is 0.306 e. The SMILES string of the molecule is CCCCCCCCCCCOC(=O)CCCCCN1CC(OC(=O)CCCn2ccnc2)CC1COCCCCCCCC(=O)OC(CCCCCCCC)CCCCCCCC. The number of aromatic nitrogens is 2. The van der Waals surface area contributed by atoms with E-state index >= 15 is 0 Å². The molecule has 1 aliphatic heterocycles. The average Bonchev–Trinajstić information content (AvgIpc) is 3.95. The van der Waals surface area contributed by atoms with Gasteiger partial charge in [-0.3, -0.25) is 19.3 Å². The van der Waals surface area contributed by atoms with Crippen LogP contribution in [0.4, 0.5) is 0 Å². The third-order valence-electron chi connectivity index (χ3n) is 13.0. The van der Waals surface area contributed by atoms with Crippen molar-refractivity contribution in [1.82, 2.24) is 14.5 Å². The number of nitrogens with zero attached hydrogens (tertiary/aromatic N) is 3. The molecule has 10 heteroatoms. The summed E-state index contributed by atoms with van der Waals surface area (Å²) in [6.45, 7) is 11.0. The summed E-state index contributed by atoms with van der Waals surface area (Å²) in [4.78, 5) is 44.4. The highest BCUT2D eigenvalue weighted by Gasteiger charge is 2.34. The van der Waals surface area contributed by atoms with Crippen LogP contribution in [0.2, 0.25) is 0 Å². The van der Waals surface area contributed by atoms with Crippen LogP contribution in [0.3, 0.4) is 0 Å². The molecule has 372 valence electrons. The van der Waals surface area contributed by atoms with E-state index in [9.17, 15) is 14.4 Å². The van der Waals surface area contributed by atoms with Crippen LogP contribution in [0.15, 0.2) is 18.7 Å². The fourth-order valence-electron chi connectivity index (χ4n) is 9.01. The molecule has 0 radical (unpaired) electrons. The van der Waals surface area contributed by atoms with Gasteiger partial charge in [0.05, 0.1) is 19.5 Å². The number of hydrogen-bond acceptors (Lipinski definition) is 9. The van der Waals surface area contributed by atoms with Crippen molar-refractivity contribution in [2.24, 2.45) is 0 Å². The van der Waals surface area contributed by atoms with Crippen LogP contribution in [0, 0.1) is 0 Å². The van der Waals surface area contributed by atoms with Gasteiger partial charge < -0.3 is 23.5 Å². The number of aryl methyl sites for hydroxylation is 1. The largest absolute Gasteiger partial charge is 0.466 e. The molecular formula is C54H99N3O7. The van der Waals surface area contributed by atoms with E-state index in [1.807, 2.05) is 10.8 Å². The molecule has 1 aliphatic rings. The number of hydrogen-bond donors (Lipinski definition) is 0. The van der Waals surface area contributed by atoms with Crippen molar-refractivity contribution in [1.29, 1.82) is 0 Å². The summed E-state index contributed by atoms with van der Waals surface area (Å²) in [5.41, 5.74) is 0. The lowest BCUT2D eigenvalue weighted by Gasteiger charge is -2.23. The summed E-state index contributed by atoms with van der Waals surface area (Å²) < 4.78 is 25.8. The Bertz CT molecular complexity index is 1200. The molecule has 1 fully saturated rings. The van der Waals surface area contributed by atoms with Crippen LogP contribution < -0.4 is 0 Å². The zero-order valence-corrected chi connectivity index (χ0v) is 41.9. The van der Waals surface area contributed by atoms with Gasteiger partial charge in [0.1, 0.15) is 12.2 Å². The van der Waals surface area contributed by atoms with Crippen LogP contribution >= 0.6 is 0 Å². The second kappa shape index (κ2) is 41.9. The Labute approximate surface area is 392 Å². The maximum Gasteiger partial charge on any atom is 0.306 e. The molecule has 0 bridgehead atoms. The molecule has 0 aromatic carbocycles. The van der Waals surface area contributed by atoms with Gasteiger partial charge in [0, 0.05) is 63.8 Å². The van der Waals surface area contributed by atoms with E-state index in [1.54, 1.807) is 12.5 Å². The summed E-state index contributed by atoms with van der Waals surface area (Å²) in [5, 5.41) is 0. The zero-order valence-electron chi connectivity index (χ0n) is 41.9. The number of esters is 3. The van der Waals surface area contributed by atoms with E-state index in [-0.39, 0.29) is 36.2 Å². The van der Waals surface area contributed by atoms with Gasteiger partial charge in [-0.2, -0.15) is 0 Å². The molecule has 0 aliphatic carbocycles. The molecule has 2 unspecified atom stereocenters. The molecule has 2 rings (SSSR count). The monoisotopic (exact) mass is 902 g/mol. The Hall–Kier alpha value is -2.46. The Morgan fingerprint density at radius 1 is 0.562 bits per heavy atom. The molecule has 2 heterocycles. The van der Waals surface area contributed by atoms with Gasteiger partial charge in [-0.15, -0.1) is 0 Å². The van der Waals surface area contributed by atoms with E-state index in [1.165, 1.54) is 122 Å². The van der Waals surface area contributed by atoms with Crippen molar-refractivity contribution in [3.05, 3.63) is 18.7 Å². The van der Waals surface area contributed by atoms with Gasteiger partial charge in [-0.1, -0.05) is 162 Å². The molecule has 1 saturated heterocycles. The van der Waals surface area contributed by atoms with Crippen molar-refractivity contribution >= 4 is 17.9 Å². The van der Waals surface area contributed by atoms with Crippen LogP contribution in [-0.4, -0.2) is 83.5 Å². The number of rotatable bonds is 46. The first-order valence-electron chi connectivity index (χ1n) is 27.3. The van der Waals surface area contributed by atoms with Crippen LogP contribution in [0.1, 0.15) is 252 Å². The Balaban J connectivity index is 1.64. The lowest BCUT2D eigenvalue weighted by atomic mass is 10.0. The number of carbonyl (C=O) groups excluding carboxylic acids is 3. The molecule has 1 aromatic rings. The summed E-state index contributed by atoms with van der Waals surface area (Å²) in [6.07, 6.45) is 44.8. The van der Waals surface area contributed by atoms with Gasteiger partial charge >= 0.3 is 17.9 Å². The minimum atomic E-state index is -0.137. The van der Waals surface area contributed by atoms with Crippen LogP contribution in [0.5, 0.6) is 0 Å². The molecule has 0 saturated carbocycles. The second-order valence-corrected chi connectivity index (χ2v) is 19.1. The van der Waals surface area contributed by atoms with Crippen molar-refractivity contribution in [3.63, 3.8) is 0 Å². The molecule has 64 heavy (non-hydrogen) atoms. The first-order chi connectivity index (χ1) is 31.4. The quantitative estimate of drug-likeness (QED) is 0.0359. The zero-order chi connectivity index (χ0) is 46.0. The standard InChI is InChI=1S/C54H99N3O7/c1-4-7-10-13-16-17-18-24-32-44-62-52(58)36-29-25-30-41-57-46-51(64-54(60)38-33-40-56-42-39-55-48-56)45-49(57)47-61-43-31-23-19-22-28-37-53(59)63-50(34-26-20-14-11-8-5-2)35-27-21-15-12-9-6-3/h39,42,48-51H,4-38,40-41,43-47H2,1-3H3. The first kappa shape index (κ1) is 57.7. The number of likely N-dealkylation sites (tertiary alicyclic amines) is 1. The number of unbranched alkanes of at least 4 members (excludes halogenated alkanes) is 24. The predicted octanol–water partition coefficient (Wildman–Crippen LogP) is 14.1. The maximum absolute atomic E-state index is 12.8. The lowest BCUT2D eigenvalue weighted by Crippen LogP contribution is -2.34. The van der Waals surface area contributed by atoms with Gasteiger partial charge in [-0.25, -0.2) is 4.98 Å². The summed E-state index contributed by atoms with van der Waals surface area (Å²) in [7, 11) is 0. The highest BCUT2D eigenvalue weighted by atomic mass is 16.5. The first-order valence-corrected chi connectivity index (χ1v) is 27.3. The van der Waals surface area contributed by atoms with Crippen molar-refractivity contribution in [2.45, 2.75) is 277 Å². The topological polar surface area (TPSA) is 109 Å².